The van der Waals surface area contributed by atoms with Crippen LogP contribution in [0.4, 0.5) is 0 Å². The maximum atomic E-state index is 5.34. The molecule has 0 aromatic heterocycles. The van der Waals surface area contributed by atoms with Gasteiger partial charge in [-0.25, -0.2) is 0 Å². The molecule has 0 unspecified atom stereocenters. The van der Waals surface area contributed by atoms with Crippen molar-refractivity contribution < 1.29 is 4.74 Å². The topological polar surface area (TPSA) is 12.5 Å². The number of rotatable bonds is 4. The zero-order valence-electron chi connectivity index (χ0n) is 10.9. The van der Waals surface area contributed by atoms with E-state index in [0.717, 1.165) is 39.3 Å². The fourth-order valence-corrected chi connectivity index (χ4v) is 2.48. The zero-order chi connectivity index (χ0) is 12.8. The number of hydrogen-bond donors (Lipinski definition) is 0. The molecular formula is C15H20BrNO. The molecule has 1 fully saturated rings. The maximum absolute atomic E-state index is 5.34. The molecule has 1 aromatic carbocycles. The van der Waals surface area contributed by atoms with Crippen molar-refractivity contribution in [2.75, 3.05) is 32.8 Å². The highest BCUT2D eigenvalue weighted by Gasteiger charge is 2.08. The first kappa shape index (κ1) is 13.8. The Labute approximate surface area is 118 Å². The first-order valence-electron chi connectivity index (χ1n) is 6.49. The third-order valence-electron chi connectivity index (χ3n) is 3.32. The van der Waals surface area contributed by atoms with E-state index in [2.05, 4.69) is 58.1 Å². The van der Waals surface area contributed by atoms with Crippen LogP contribution in [0.25, 0.3) is 6.08 Å². The Bertz CT molecular complexity index is 411. The van der Waals surface area contributed by atoms with Crippen LogP contribution in [0, 0.1) is 6.92 Å². The largest absolute Gasteiger partial charge is 0.379 e. The fourth-order valence-electron chi connectivity index (χ4n) is 2.10. The van der Waals surface area contributed by atoms with Gasteiger partial charge >= 0.3 is 0 Å². The lowest BCUT2D eigenvalue weighted by Crippen LogP contribution is -2.36. The molecule has 0 amide bonds. The normalized spacial score (nSPS) is 17.4. The quantitative estimate of drug-likeness (QED) is 0.844. The van der Waals surface area contributed by atoms with Crippen LogP contribution in [0.3, 0.4) is 0 Å². The molecule has 0 atom stereocenters. The summed E-state index contributed by atoms with van der Waals surface area (Å²) in [6.45, 7) is 7.19. The van der Waals surface area contributed by atoms with Crippen molar-refractivity contribution in [2.24, 2.45) is 0 Å². The first-order chi connectivity index (χ1) is 8.77. The summed E-state index contributed by atoms with van der Waals surface area (Å²) < 4.78 is 6.52. The highest BCUT2D eigenvalue weighted by atomic mass is 79.9. The summed E-state index contributed by atoms with van der Waals surface area (Å²) in [5.41, 5.74) is 2.60. The van der Waals surface area contributed by atoms with E-state index in [9.17, 15) is 0 Å². The molecule has 2 nitrogen and oxygen atoms in total. The van der Waals surface area contributed by atoms with Crippen molar-refractivity contribution in [1.82, 2.24) is 4.90 Å². The maximum Gasteiger partial charge on any atom is 0.0594 e. The summed E-state index contributed by atoms with van der Waals surface area (Å²) in [5.74, 6) is 0. The summed E-state index contributed by atoms with van der Waals surface area (Å²) in [6.07, 6.45) is 5.59. The van der Waals surface area contributed by atoms with E-state index in [1.54, 1.807) is 0 Å². The van der Waals surface area contributed by atoms with E-state index >= 15 is 0 Å². The average Bonchev–Trinajstić information content (AvgIpc) is 2.40. The van der Waals surface area contributed by atoms with Crippen LogP contribution >= 0.6 is 15.9 Å². The summed E-state index contributed by atoms with van der Waals surface area (Å²) >= 11 is 3.56. The Morgan fingerprint density at radius 1 is 1.33 bits per heavy atom. The van der Waals surface area contributed by atoms with Gasteiger partial charge in [-0.3, -0.25) is 4.90 Å². The Kier molecular flexibility index (Phi) is 5.42. The lowest BCUT2D eigenvalue weighted by Gasteiger charge is -2.25. The Morgan fingerprint density at radius 3 is 2.89 bits per heavy atom. The molecule has 0 N–H and O–H groups in total. The molecule has 2 rings (SSSR count). The predicted molar refractivity (Wildman–Crippen MR) is 79.8 cm³/mol. The molecule has 0 radical (unpaired) electrons. The Balaban J connectivity index is 1.82. The second-order valence-corrected chi connectivity index (χ2v) is 5.45. The molecule has 1 heterocycles. The molecule has 18 heavy (non-hydrogen) atoms. The summed E-state index contributed by atoms with van der Waals surface area (Å²) in [5, 5.41) is 0. The number of halogens is 1. The number of benzene rings is 1. The molecule has 1 aromatic rings. The molecular weight excluding hydrogens is 290 g/mol. The van der Waals surface area contributed by atoms with Crippen LogP contribution in [0.1, 0.15) is 17.5 Å². The van der Waals surface area contributed by atoms with Gasteiger partial charge in [0.25, 0.3) is 0 Å². The van der Waals surface area contributed by atoms with Gasteiger partial charge in [0.15, 0.2) is 0 Å². The molecule has 0 bridgehead atoms. The minimum atomic E-state index is 0.883. The van der Waals surface area contributed by atoms with Crippen LogP contribution in [-0.4, -0.2) is 37.7 Å². The van der Waals surface area contributed by atoms with Crippen LogP contribution < -0.4 is 0 Å². The van der Waals surface area contributed by atoms with E-state index in [-0.39, 0.29) is 0 Å². The predicted octanol–water partition coefficient (Wildman–Crippen LogP) is 3.49. The van der Waals surface area contributed by atoms with E-state index in [1.807, 2.05) is 0 Å². The highest BCUT2D eigenvalue weighted by molar-refractivity contribution is 9.10. The molecule has 98 valence electrons. The number of morpholine rings is 1. The Hall–Kier alpha value is -0.640. The second-order valence-electron chi connectivity index (χ2n) is 4.60. The number of ether oxygens (including phenoxy) is 1. The van der Waals surface area contributed by atoms with Gasteiger partial charge < -0.3 is 4.74 Å². The van der Waals surface area contributed by atoms with Gasteiger partial charge in [0.1, 0.15) is 0 Å². The SMILES string of the molecule is Cc1c(Br)cccc1/C=C/CCN1CCOCC1. The second kappa shape index (κ2) is 7.07. The van der Waals surface area contributed by atoms with Crippen molar-refractivity contribution in [3.05, 3.63) is 39.9 Å². The van der Waals surface area contributed by atoms with Crippen molar-refractivity contribution in [3.8, 4) is 0 Å². The molecule has 1 aliphatic heterocycles. The van der Waals surface area contributed by atoms with E-state index in [1.165, 1.54) is 15.6 Å². The smallest absolute Gasteiger partial charge is 0.0594 e. The highest BCUT2D eigenvalue weighted by Crippen LogP contribution is 2.20. The third kappa shape index (κ3) is 3.94. The third-order valence-corrected chi connectivity index (χ3v) is 4.18. The fraction of sp³-hybridized carbons (Fsp3) is 0.467. The Morgan fingerprint density at radius 2 is 2.11 bits per heavy atom. The van der Waals surface area contributed by atoms with Crippen LogP contribution in [0.15, 0.2) is 28.7 Å². The first-order valence-corrected chi connectivity index (χ1v) is 7.28. The van der Waals surface area contributed by atoms with Crippen molar-refractivity contribution in [3.63, 3.8) is 0 Å². The average molecular weight is 310 g/mol. The standard InChI is InChI=1S/C15H20BrNO/c1-13-14(6-4-7-15(13)16)5-2-3-8-17-9-11-18-12-10-17/h2,4-7H,3,8-12H2,1H3/b5-2+. The molecule has 1 saturated heterocycles. The summed E-state index contributed by atoms with van der Waals surface area (Å²) in [4.78, 5) is 2.46. The van der Waals surface area contributed by atoms with Crippen molar-refractivity contribution in [2.45, 2.75) is 13.3 Å². The van der Waals surface area contributed by atoms with E-state index < -0.39 is 0 Å². The van der Waals surface area contributed by atoms with Gasteiger partial charge in [-0.15, -0.1) is 0 Å². The molecule has 1 aliphatic rings. The zero-order valence-corrected chi connectivity index (χ0v) is 12.4. The number of nitrogens with zero attached hydrogens (tertiary/aromatic N) is 1. The van der Waals surface area contributed by atoms with Gasteiger partial charge in [0.05, 0.1) is 13.2 Å². The van der Waals surface area contributed by atoms with Gasteiger partial charge in [-0.05, 0) is 30.5 Å². The van der Waals surface area contributed by atoms with Crippen LogP contribution in [0.5, 0.6) is 0 Å². The lowest BCUT2D eigenvalue weighted by molar-refractivity contribution is 0.0387. The molecule has 3 heteroatoms. The minimum absolute atomic E-state index is 0.883. The van der Waals surface area contributed by atoms with Crippen molar-refractivity contribution in [1.29, 1.82) is 0 Å². The minimum Gasteiger partial charge on any atom is -0.379 e. The molecule has 0 saturated carbocycles. The monoisotopic (exact) mass is 309 g/mol. The molecule has 0 aliphatic carbocycles. The molecule has 0 spiro atoms. The van der Waals surface area contributed by atoms with Gasteiger partial charge in [-0.2, -0.15) is 0 Å². The summed E-state index contributed by atoms with van der Waals surface area (Å²) in [7, 11) is 0. The van der Waals surface area contributed by atoms with Crippen LogP contribution in [0.2, 0.25) is 0 Å². The van der Waals surface area contributed by atoms with E-state index in [4.69, 9.17) is 4.74 Å². The van der Waals surface area contributed by atoms with Crippen molar-refractivity contribution >= 4 is 22.0 Å². The van der Waals surface area contributed by atoms with E-state index in [0.29, 0.717) is 0 Å². The van der Waals surface area contributed by atoms with Gasteiger partial charge in [0, 0.05) is 24.1 Å². The lowest BCUT2D eigenvalue weighted by atomic mass is 10.1. The summed E-state index contributed by atoms with van der Waals surface area (Å²) in [6, 6.07) is 6.32. The van der Waals surface area contributed by atoms with Gasteiger partial charge in [-0.1, -0.05) is 40.2 Å². The number of hydrogen-bond acceptors (Lipinski definition) is 2. The van der Waals surface area contributed by atoms with Gasteiger partial charge in [0.2, 0.25) is 0 Å². The van der Waals surface area contributed by atoms with Crippen LogP contribution in [-0.2, 0) is 4.74 Å².